The Labute approximate surface area is 152 Å². The molecule has 0 aliphatic carbocycles. The van der Waals surface area contributed by atoms with E-state index in [1.165, 1.54) is 0 Å². The summed E-state index contributed by atoms with van der Waals surface area (Å²) in [6.45, 7) is 1.97. The number of para-hydroxylation sites is 1. The topological polar surface area (TPSA) is 71.9 Å². The van der Waals surface area contributed by atoms with Gasteiger partial charge in [0.15, 0.2) is 0 Å². The first kappa shape index (κ1) is 16.8. The van der Waals surface area contributed by atoms with Gasteiger partial charge in [-0.05, 0) is 30.5 Å². The van der Waals surface area contributed by atoms with Gasteiger partial charge in [-0.3, -0.25) is 14.7 Å². The van der Waals surface area contributed by atoms with Crippen LogP contribution >= 0.6 is 0 Å². The molecule has 136 valence electrons. The van der Waals surface area contributed by atoms with E-state index in [0.717, 1.165) is 41.9 Å². The summed E-state index contributed by atoms with van der Waals surface area (Å²) < 4.78 is 11.7. The zero-order valence-electron chi connectivity index (χ0n) is 14.5. The first-order chi connectivity index (χ1) is 12.7. The van der Waals surface area contributed by atoms with Crippen LogP contribution in [0.25, 0.3) is 0 Å². The summed E-state index contributed by atoms with van der Waals surface area (Å²) in [6.07, 6.45) is 5.92. The molecule has 1 atom stereocenters. The Hall–Kier alpha value is -2.60. The first-order valence-corrected chi connectivity index (χ1v) is 9.00. The molecule has 2 aliphatic heterocycles. The van der Waals surface area contributed by atoms with E-state index in [9.17, 15) is 9.90 Å². The second-order valence-corrected chi connectivity index (χ2v) is 6.72. The zero-order chi connectivity index (χ0) is 17.9. The molecule has 4 rings (SSSR count). The number of carboxylic acids is 1. The van der Waals surface area contributed by atoms with Gasteiger partial charge < -0.3 is 14.6 Å². The highest BCUT2D eigenvalue weighted by atomic mass is 16.5. The van der Waals surface area contributed by atoms with Crippen LogP contribution in [0.15, 0.2) is 42.7 Å². The fourth-order valence-electron chi connectivity index (χ4n) is 3.80. The summed E-state index contributed by atoms with van der Waals surface area (Å²) in [5, 5.41) is 9.87. The minimum atomic E-state index is -0.833. The molecule has 1 saturated heterocycles. The number of benzene rings is 1. The van der Waals surface area contributed by atoms with Crippen molar-refractivity contribution in [3.63, 3.8) is 0 Å². The maximum Gasteiger partial charge on any atom is 0.325 e. The second kappa shape index (κ2) is 7.33. The molecule has 2 aliphatic rings. The molecule has 3 heterocycles. The van der Waals surface area contributed by atoms with Gasteiger partial charge >= 0.3 is 5.97 Å². The van der Waals surface area contributed by atoms with E-state index >= 15 is 0 Å². The van der Waals surface area contributed by atoms with Crippen LogP contribution in [-0.4, -0.2) is 46.8 Å². The van der Waals surface area contributed by atoms with Crippen LogP contribution in [-0.2, 0) is 11.2 Å². The highest BCUT2D eigenvalue weighted by molar-refractivity contribution is 5.77. The zero-order valence-corrected chi connectivity index (χ0v) is 14.5. The molecule has 6 heteroatoms. The molecule has 0 saturated carbocycles. The van der Waals surface area contributed by atoms with Gasteiger partial charge in [-0.25, -0.2) is 0 Å². The molecule has 1 aromatic carbocycles. The van der Waals surface area contributed by atoms with E-state index in [4.69, 9.17) is 9.47 Å². The third kappa shape index (κ3) is 3.37. The molecule has 0 bridgehead atoms. The number of hydrogen-bond donors (Lipinski definition) is 1. The maximum absolute atomic E-state index is 12.0. The number of ether oxygens (including phenoxy) is 2. The number of likely N-dealkylation sites (tertiary alicyclic amines) is 1. The lowest BCUT2D eigenvalue weighted by Gasteiger charge is -2.36. The lowest BCUT2D eigenvalue weighted by atomic mass is 9.97. The second-order valence-electron chi connectivity index (χ2n) is 6.72. The number of carbonyl (C=O) groups is 1. The molecule has 6 nitrogen and oxygen atoms in total. The molecular weight excluding hydrogens is 332 g/mol. The standard InChI is InChI=1S/C20H22N2O4/c23-20(24)18(17-5-1-3-14-8-12-25-19(14)17)22-10-6-15(7-11-22)26-16-4-2-9-21-13-16/h1-5,9,13,15,18H,6-8,10-12H2,(H,23,24). The maximum atomic E-state index is 12.0. The van der Waals surface area contributed by atoms with Gasteiger partial charge in [-0.1, -0.05) is 18.2 Å². The molecule has 2 aromatic rings. The van der Waals surface area contributed by atoms with Crippen molar-refractivity contribution in [2.24, 2.45) is 0 Å². The monoisotopic (exact) mass is 354 g/mol. The van der Waals surface area contributed by atoms with Crippen LogP contribution in [0.1, 0.15) is 30.0 Å². The fourth-order valence-corrected chi connectivity index (χ4v) is 3.80. The van der Waals surface area contributed by atoms with Gasteiger partial charge in [0.2, 0.25) is 0 Å². The van der Waals surface area contributed by atoms with Gasteiger partial charge in [0.25, 0.3) is 0 Å². The number of carboxylic acid groups (broad SMARTS) is 1. The molecule has 1 unspecified atom stereocenters. The van der Waals surface area contributed by atoms with E-state index in [1.807, 2.05) is 35.2 Å². The number of hydrogen-bond acceptors (Lipinski definition) is 5. The molecule has 0 radical (unpaired) electrons. The lowest BCUT2D eigenvalue weighted by molar-refractivity contribution is -0.144. The summed E-state index contributed by atoms with van der Waals surface area (Å²) in [4.78, 5) is 18.1. The highest BCUT2D eigenvalue weighted by Gasteiger charge is 2.34. The summed E-state index contributed by atoms with van der Waals surface area (Å²) in [5.74, 6) is 0.684. The van der Waals surface area contributed by atoms with E-state index in [1.54, 1.807) is 12.4 Å². The Balaban J connectivity index is 1.46. The van der Waals surface area contributed by atoms with Gasteiger partial charge in [0.1, 0.15) is 23.6 Å². The molecule has 0 amide bonds. The van der Waals surface area contributed by atoms with Gasteiger partial charge in [-0.15, -0.1) is 0 Å². The average molecular weight is 354 g/mol. The van der Waals surface area contributed by atoms with E-state index in [-0.39, 0.29) is 6.10 Å². The molecule has 0 spiro atoms. The van der Waals surface area contributed by atoms with Crippen molar-refractivity contribution >= 4 is 5.97 Å². The number of fused-ring (bicyclic) bond motifs is 1. The van der Waals surface area contributed by atoms with E-state index in [0.29, 0.717) is 19.7 Å². The van der Waals surface area contributed by atoms with E-state index in [2.05, 4.69) is 4.98 Å². The van der Waals surface area contributed by atoms with Crippen molar-refractivity contribution in [1.82, 2.24) is 9.88 Å². The predicted molar refractivity (Wildman–Crippen MR) is 95.5 cm³/mol. The summed E-state index contributed by atoms with van der Waals surface area (Å²) in [5.41, 5.74) is 1.86. The smallest absolute Gasteiger partial charge is 0.325 e. The largest absolute Gasteiger partial charge is 0.493 e. The number of pyridine rings is 1. The highest BCUT2D eigenvalue weighted by Crippen LogP contribution is 2.37. The Morgan fingerprint density at radius 3 is 2.85 bits per heavy atom. The Kier molecular flexibility index (Phi) is 4.75. The van der Waals surface area contributed by atoms with Crippen molar-refractivity contribution < 1.29 is 19.4 Å². The van der Waals surface area contributed by atoms with Crippen LogP contribution in [0.5, 0.6) is 11.5 Å². The van der Waals surface area contributed by atoms with Gasteiger partial charge in [0, 0.05) is 31.3 Å². The number of nitrogens with zero attached hydrogens (tertiary/aromatic N) is 2. The van der Waals surface area contributed by atoms with Crippen molar-refractivity contribution in [3.8, 4) is 11.5 Å². The third-order valence-corrected chi connectivity index (χ3v) is 5.05. The molecule has 1 N–H and O–H groups in total. The Morgan fingerprint density at radius 2 is 2.12 bits per heavy atom. The third-order valence-electron chi connectivity index (χ3n) is 5.05. The van der Waals surface area contributed by atoms with Crippen molar-refractivity contribution in [2.45, 2.75) is 31.4 Å². The number of piperidine rings is 1. The molecule has 1 aromatic heterocycles. The van der Waals surface area contributed by atoms with Crippen LogP contribution in [0.4, 0.5) is 0 Å². The quantitative estimate of drug-likeness (QED) is 0.890. The van der Waals surface area contributed by atoms with Gasteiger partial charge in [0.05, 0.1) is 12.8 Å². The number of aromatic nitrogens is 1. The number of rotatable bonds is 5. The van der Waals surface area contributed by atoms with Crippen molar-refractivity contribution in [1.29, 1.82) is 0 Å². The molecule has 1 fully saturated rings. The fraction of sp³-hybridized carbons (Fsp3) is 0.400. The molecular formula is C20H22N2O4. The van der Waals surface area contributed by atoms with Crippen LogP contribution in [0.3, 0.4) is 0 Å². The summed E-state index contributed by atoms with van der Waals surface area (Å²) in [7, 11) is 0. The van der Waals surface area contributed by atoms with E-state index < -0.39 is 12.0 Å². The van der Waals surface area contributed by atoms with Gasteiger partial charge in [-0.2, -0.15) is 0 Å². The summed E-state index contributed by atoms with van der Waals surface area (Å²) in [6, 6.07) is 8.88. The SMILES string of the molecule is O=C(O)C(c1cccc2c1OCC2)N1CCC(Oc2cccnc2)CC1. The predicted octanol–water partition coefficient (Wildman–Crippen LogP) is 2.69. The summed E-state index contributed by atoms with van der Waals surface area (Å²) >= 11 is 0. The minimum absolute atomic E-state index is 0.0858. The van der Waals surface area contributed by atoms with Crippen molar-refractivity contribution in [2.75, 3.05) is 19.7 Å². The number of aliphatic carboxylic acids is 1. The van der Waals surface area contributed by atoms with Crippen molar-refractivity contribution in [3.05, 3.63) is 53.9 Å². The Bertz CT molecular complexity index is 773. The minimum Gasteiger partial charge on any atom is -0.493 e. The average Bonchev–Trinajstić information content (AvgIpc) is 3.14. The van der Waals surface area contributed by atoms with Crippen LogP contribution in [0, 0.1) is 0 Å². The Morgan fingerprint density at radius 1 is 1.27 bits per heavy atom. The van der Waals surface area contributed by atoms with Crippen LogP contribution in [0.2, 0.25) is 0 Å². The first-order valence-electron chi connectivity index (χ1n) is 9.00. The normalized spacial score (nSPS) is 18.8. The van der Waals surface area contributed by atoms with Crippen LogP contribution < -0.4 is 9.47 Å². The molecule has 26 heavy (non-hydrogen) atoms. The lowest BCUT2D eigenvalue weighted by Crippen LogP contribution is -2.43.